The lowest BCUT2D eigenvalue weighted by Crippen LogP contribution is -2.47. The van der Waals surface area contributed by atoms with Crippen molar-refractivity contribution in [1.29, 1.82) is 0 Å². The number of nitrogens with one attached hydrogen (secondary N) is 2. The molecule has 3 rings (SSSR count). The number of rotatable bonds is 3. The zero-order chi connectivity index (χ0) is 20.6. The lowest BCUT2D eigenvalue weighted by Gasteiger charge is -2.29. The van der Waals surface area contributed by atoms with Crippen LogP contribution in [0.4, 0.5) is 0 Å². The molecular weight excluding hydrogens is 423 g/mol. The normalized spacial score (nSPS) is 19.6. The smallest absolute Gasteiger partial charge is 0.307 e. The monoisotopic (exact) mass is 440 g/mol. The number of aliphatic carboxylic acids is 1. The summed E-state index contributed by atoms with van der Waals surface area (Å²) in [4.78, 5) is 36.8. The second-order valence-corrected chi connectivity index (χ2v) is 8.66. The minimum absolute atomic E-state index is 0.216. The number of amides is 2. The van der Waals surface area contributed by atoms with E-state index in [4.69, 9.17) is 23.2 Å². The van der Waals surface area contributed by atoms with E-state index in [1.54, 1.807) is 18.2 Å². The Bertz CT molecular complexity index is 1010. The highest BCUT2D eigenvalue weighted by Gasteiger charge is 2.37. The molecule has 1 aromatic carbocycles. The van der Waals surface area contributed by atoms with Gasteiger partial charge in [0.2, 0.25) is 5.91 Å². The first kappa shape index (κ1) is 20.6. The number of carboxylic acids is 1. The summed E-state index contributed by atoms with van der Waals surface area (Å²) in [6, 6.07) is 5.23. The maximum absolute atomic E-state index is 12.5. The fourth-order valence-electron chi connectivity index (χ4n) is 3.31. The molecule has 0 radical (unpaired) electrons. The first-order chi connectivity index (χ1) is 13.2. The summed E-state index contributed by atoms with van der Waals surface area (Å²) in [5.74, 6) is -3.73. The molecule has 0 fully saturated rings. The SMILES string of the molecule is CC1=C(C)CC(C(=O)NNC(=O)c2sc3cccc(Cl)c3c2Cl)C(C(=O)O)C1. The number of hydrogen-bond acceptors (Lipinski definition) is 4. The molecule has 28 heavy (non-hydrogen) atoms. The predicted octanol–water partition coefficient (Wildman–Crippen LogP) is 4.42. The van der Waals surface area contributed by atoms with Crippen LogP contribution in [0.3, 0.4) is 0 Å². The maximum Gasteiger partial charge on any atom is 0.307 e. The lowest BCUT2D eigenvalue weighted by atomic mass is 9.76. The van der Waals surface area contributed by atoms with Crippen LogP contribution in [0.25, 0.3) is 10.1 Å². The van der Waals surface area contributed by atoms with Crippen LogP contribution in [0.5, 0.6) is 0 Å². The van der Waals surface area contributed by atoms with Gasteiger partial charge in [-0.05, 0) is 38.8 Å². The zero-order valence-electron chi connectivity index (χ0n) is 15.1. The van der Waals surface area contributed by atoms with Gasteiger partial charge in [0.1, 0.15) is 4.88 Å². The summed E-state index contributed by atoms with van der Waals surface area (Å²) in [5, 5.41) is 10.7. The Morgan fingerprint density at radius 1 is 1.07 bits per heavy atom. The number of carboxylic acid groups (broad SMARTS) is 1. The molecule has 1 heterocycles. The molecule has 1 aliphatic carbocycles. The minimum atomic E-state index is -1.03. The highest BCUT2D eigenvalue weighted by molar-refractivity contribution is 7.21. The molecular formula is C19H18Cl2N2O4S. The fourth-order valence-corrected chi connectivity index (χ4v) is 5.16. The van der Waals surface area contributed by atoms with E-state index in [0.717, 1.165) is 27.2 Å². The van der Waals surface area contributed by atoms with Crippen LogP contribution >= 0.6 is 34.5 Å². The minimum Gasteiger partial charge on any atom is -0.481 e. The van der Waals surface area contributed by atoms with Crippen molar-refractivity contribution in [3.8, 4) is 0 Å². The van der Waals surface area contributed by atoms with Gasteiger partial charge in [0.05, 0.1) is 21.9 Å². The highest BCUT2D eigenvalue weighted by Crippen LogP contribution is 2.39. The van der Waals surface area contributed by atoms with Crippen LogP contribution in [0, 0.1) is 11.8 Å². The molecule has 2 atom stereocenters. The number of hydrogen-bond donors (Lipinski definition) is 3. The molecule has 6 nitrogen and oxygen atoms in total. The molecule has 0 saturated heterocycles. The summed E-state index contributed by atoms with van der Waals surface area (Å²) in [6.45, 7) is 3.75. The topological polar surface area (TPSA) is 95.5 Å². The van der Waals surface area contributed by atoms with Crippen LogP contribution in [-0.2, 0) is 9.59 Å². The number of hydrazine groups is 1. The van der Waals surface area contributed by atoms with Gasteiger partial charge >= 0.3 is 5.97 Å². The van der Waals surface area contributed by atoms with Crippen LogP contribution in [0.2, 0.25) is 10.0 Å². The van der Waals surface area contributed by atoms with Crippen molar-refractivity contribution in [2.75, 3.05) is 0 Å². The maximum atomic E-state index is 12.5. The van der Waals surface area contributed by atoms with Crippen molar-refractivity contribution < 1.29 is 19.5 Å². The Morgan fingerprint density at radius 3 is 2.32 bits per heavy atom. The highest BCUT2D eigenvalue weighted by atomic mass is 35.5. The molecule has 1 aromatic heterocycles. The molecule has 0 aliphatic heterocycles. The summed E-state index contributed by atoms with van der Waals surface area (Å²) >= 11 is 13.6. The van der Waals surface area contributed by atoms with Gasteiger partial charge in [-0.25, -0.2) is 0 Å². The largest absolute Gasteiger partial charge is 0.481 e. The van der Waals surface area contributed by atoms with E-state index in [-0.39, 0.29) is 9.90 Å². The summed E-state index contributed by atoms with van der Waals surface area (Å²) in [5.41, 5.74) is 6.66. The number of benzene rings is 1. The van der Waals surface area contributed by atoms with Gasteiger partial charge in [-0.2, -0.15) is 0 Å². The Kier molecular flexibility index (Phi) is 5.98. The van der Waals surface area contributed by atoms with Crippen molar-refractivity contribution in [1.82, 2.24) is 10.9 Å². The second-order valence-electron chi connectivity index (χ2n) is 6.82. The average Bonchev–Trinajstić information content (AvgIpc) is 2.99. The average molecular weight is 441 g/mol. The Hall–Kier alpha value is -2.09. The standard InChI is InChI=1S/C19H18Cl2N2O4S/c1-8-6-10(11(19(26)27)7-9(8)2)17(24)22-23-18(25)16-15(21)14-12(20)4-3-5-13(14)28-16/h3-5,10-11H,6-7H2,1-2H3,(H,22,24)(H,23,25)(H,26,27). The summed E-state index contributed by atoms with van der Waals surface area (Å²) < 4.78 is 0.753. The number of carbonyl (C=O) groups excluding carboxylic acids is 2. The van der Waals surface area contributed by atoms with E-state index in [1.807, 2.05) is 13.8 Å². The second kappa shape index (κ2) is 8.11. The molecule has 0 bridgehead atoms. The first-order valence-electron chi connectivity index (χ1n) is 8.55. The number of allylic oxidation sites excluding steroid dienone is 2. The van der Waals surface area contributed by atoms with Crippen molar-refractivity contribution in [2.45, 2.75) is 26.7 Å². The third-order valence-corrected chi connectivity index (χ3v) is 6.99. The van der Waals surface area contributed by atoms with E-state index in [1.165, 1.54) is 0 Å². The number of carbonyl (C=O) groups is 3. The molecule has 2 unspecified atom stereocenters. The molecule has 148 valence electrons. The van der Waals surface area contributed by atoms with Crippen molar-refractivity contribution in [2.24, 2.45) is 11.8 Å². The van der Waals surface area contributed by atoms with Crippen molar-refractivity contribution in [3.63, 3.8) is 0 Å². The van der Waals surface area contributed by atoms with Gasteiger partial charge in [-0.15, -0.1) is 11.3 Å². The van der Waals surface area contributed by atoms with Crippen LogP contribution in [0.1, 0.15) is 36.4 Å². The van der Waals surface area contributed by atoms with Gasteiger partial charge in [-0.3, -0.25) is 25.2 Å². The summed E-state index contributed by atoms with van der Waals surface area (Å²) in [6.07, 6.45) is 0.650. The molecule has 3 N–H and O–H groups in total. The Labute approximate surface area is 175 Å². The Morgan fingerprint density at radius 2 is 1.71 bits per heavy atom. The third-order valence-electron chi connectivity index (χ3n) is 5.03. The Balaban J connectivity index is 1.74. The quantitative estimate of drug-likeness (QED) is 0.486. The predicted molar refractivity (Wildman–Crippen MR) is 110 cm³/mol. The van der Waals surface area contributed by atoms with Gasteiger partial charge in [0.25, 0.3) is 5.91 Å². The van der Waals surface area contributed by atoms with E-state index < -0.39 is 29.6 Å². The van der Waals surface area contributed by atoms with E-state index in [9.17, 15) is 19.5 Å². The van der Waals surface area contributed by atoms with Crippen molar-refractivity contribution in [3.05, 3.63) is 44.3 Å². The third kappa shape index (κ3) is 3.87. The van der Waals surface area contributed by atoms with Gasteiger partial charge in [0.15, 0.2) is 0 Å². The molecule has 2 aromatic rings. The van der Waals surface area contributed by atoms with Crippen LogP contribution in [-0.4, -0.2) is 22.9 Å². The number of thiophene rings is 1. The first-order valence-corrected chi connectivity index (χ1v) is 10.1. The number of halogens is 2. The summed E-state index contributed by atoms with van der Waals surface area (Å²) in [7, 11) is 0. The van der Waals surface area contributed by atoms with E-state index in [2.05, 4.69) is 10.9 Å². The van der Waals surface area contributed by atoms with Crippen molar-refractivity contribution >= 4 is 62.4 Å². The molecule has 1 aliphatic rings. The molecule has 2 amide bonds. The lowest BCUT2D eigenvalue weighted by molar-refractivity contribution is -0.147. The van der Waals surface area contributed by atoms with Gasteiger partial charge in [0, 0.05) is 10.1 Å². The van der Waals surface area contributed by atoms with E-state index >= 15 is 0 Å². The van der Waals surface area contributed by atoms with Crippen LogP contribution < -0.4 is 10.9 Å². The molecule has 9 heteroatoms. The fraction of sp³-hybridized carbons (Fsp3) is 0.316. The van der Waals surface area contributed by atoms with Gasteiger partial charge < -0.3 is 5.11 Å². The molecule has 0 saturated carbocycles. The van der Waals surface area contributed by atoms with Gasteiger partial charge in [-0.1, -0.05) is 40.4 Å². The molecule has 0 spiro atoms. The van der Waals surface area contributed by atoms with Crippen LogP contribution in [0.15, 0.2) is 29.3 Å². The van der Waals surface area contributed by atoms with E-state index in [0.29, 0.717) is 23.3 Å². The number of fused-ring (bicyclic) bond motifs is 1. The zero-order valence-corrected chi connectivity index (χ0v) is 17.5.